The zero-order valence-corrected chi connectivity index (χ0v) is 15.4. The van der Waals surface area contributed by atoms with Crippen molar-refractivity contribution in [1.29, 1.82) is 0 Å². The largest absolute Gasteiger partial charge is 0.493 e. The van der Waals surface area contributed by atoms with Gasteiger partial charge in [0.25, 0.3) is 5.56 Å². The van der Waals surface area contributed by atoms with Gasteiger partial charge in [-0.3, -0.25) is 9.20 Å². The average Bonchev–Trinajstić information content (AvgIpc) is 3.08. The van der Waals surface area contributed by atoms with Gasteiger partial charge in [0.05, 0.1) is 37.9 Å². The second-order valence-corrected chi connectivity index (χ2v) is 5.92. The van der Waals surface area contributed by atoms with Crippen LogP contribution in [0.1, 0.15) is 5.82 Å². The number of nitrogens with zero attached hydrogens (tertiary/aromatic N) is 4. The molecule has 2 aromatic heterocycles. The Kier molecular flexibility index (Phi) is 3.95. The number of ether oxygens (including phenoxy) is 3. The molecule has 0 aliphatic heterocycles. The fourth-order valence-electron chi connectivity index (χ4n) is 3.27. The quantitative estimate of drug-likeness (QED) is 0.552. The van der Waals surface area contributed by atoms with E-state index < -0.39 is 0 Å². The molecule has 0 spiro atoms. The topological polar surface area (TPSA) is 79.9 Å². The minimum Gasteiger partial charge on any atom is -0.493 e. The van der Waals surface area contributed by atoms with Crippen LogP contribution in [0.2, 0.25) is 0 Å². The molecule has 0 amide bonds. The number of rotatable bonds is 4. The van der Waals surface area contributed by atoms with Crippen molar-refractivity contribution >= 4 is 16.7 Å². The fourth-order valence-corrected chi connectivity index (χ4v) is 3.27. The van der Waals surface area contributed by atoms with Gasteiger partial charge in [0, 0.05) is 12.1 Å². The van der Waals surface area contributed by atoms with Crippen molar-refractivity contribution in [3.05, 3.63) is 52.6 Å². The van der Waals surface area contributed by atoms with Gasteiger partial charge in [-0.2, -0.15) is 0 Å². The summed E-state index contributed by atoms with van der Waals surface area (Å²) in [6, 6.07) is 10.8. The molecule has 27 heavy (non-hydrogen) atoms. The Balaban J connectivity index is 2.16. The van der Waals surface area contributed by atoms with E-state index >= 15 is 0 Å². The number of aryl methyl sites for hydroxylation is 1. The highest BCUT2D eigenvalue weighted by Gasteiger charge is 2.19. The van der Waals surface area contributed by atoms with Crippen molar-refractivity contribution in [1.82, 2.24) is 19.2 Å². The van der Waals surface area contributed by atoms with Crippen molar-refractivity contribution in [2.75, 3.05) is 21.3 Å². The van der Waals surface area contributed by atoms with Gasteiger partial charge in [-0.15, -0.1) is 10.2 Å². The summed E-state index contributed by atoms with van der Waals surface area (Å²) in [7, 11) is 4.59. The number of benzene rings is 2. The Labute approximate surface area is 154 Å². The predicted molar refractivity (Wildman–Crippen MR) is 100 cm³/mol. The third-order valence-electron chi connectivity index (χ3n) is 4.49. The van der Waals surface area contributed by atoms with Crippen LogP contribution in [0.4, 0.5) is 0 Å². The fraction of sp³-hybridized carbons (Fsp3) is 0.211. The summed E-state index contributed by atoms with van der Waals surface area (Å²) in [4.78, 5) is 13.3. The van der Waals surface area contributed by atoms with Crippen molar-refractivity contribution in [3.8, 4) is 22.9 Å². The highest BCUT2D eigenvalue weighted by molar-refractivity contribution is 5.81. The third-order valence-corrected chi connectivity index (χ3v) is 4.49. The molecule has 0 radical (unpaired) electrons. The first kappa shape index (κ1) is 16.9. The van der Waals surface area contributed by atoms with E-state index in [1.165, 1.54) is 25.9 Å². The summed E-state index contributed by atoms with van der Waals surface area (Å²) in [6.07, 6.45) is 0. The smallest absolute Gasteiger partial charge is 0.267 e. The van der Waals surface area contributed by atoms with Gasteiger partial charge < -0.3 is 14.2 Å². The molecule has 0 aliphatic carbocycles. The minimum absolute atomic E-state index is 0.209. The average molecular weight is 366 g/mol. The van der Waals surface area contributed by atoms with Crippen molar-refractivity contribution in [2.45, 2.75) is 6.92 Å². The van der Waals surface area contributed by atoms with Gasteiger partial charge in [-0.05, 0) is 19.1 Å². The summed E-state index contributed by atoms with van der Waals surface area (Å²) in [5, 5.41) is 8.94. The van der Waals surface area contributed by atoms with E-state index in [2.05, 4.69) is 10.2 Å². The Morgan fingerprint density at radius 2 is 1.59 bits per heavy atom. The SMILES string of the molecule is COc1cc(-n2c(=O)c3ccccc3n3c(C)nnc23)cc(OC)c1OC. The van der Waals surface area contributed by atoms with E-state index in [-0.39, 0.29) is 5.56 Å². The maximum atomic E-state index is 13.3. The van der Waals surface area contributed by atoms with Crippen LogP contribution in [-0.2, 0) is 0 Å². The van der Waals surface area contributed by atoms with Crippen LogP contribution in [0.15, 0.2) is 41.2 Å². The molecule has 0 fully saturated rings. The highest BCUT2D eigenvalue weighted by atomic mass is 16.5. The van der Waals surface area contributed by atoms with Gasteiger partial charge in [0.1, 0.15) is 5.82 Å². The van der Waals surface area contributed by atoms with E-state index in [4.69, 9.17) is 14.2 Å². The Morgan fingerprint density at radius 1 is 0.926 bits per heavy atom. The number of para-hydroxylation sites is 1. The minimum atomic E-state index is -0.209. The first-order valence-corrected chi connectivity index (χ1v) is 8.26. The van der Waals surface area contributed by atoms with Crippen LogP contribution in [-0.4, -0.2) is 40.5 Å². The van der Waals surface area contributed by atoms with Crippen LogP contribution in [0.5, 0.6) is 17.2 Å². The molecule has 8 heteroatoms. The van der Waals surface area contributed by atoms with Crippen molar-refractivity contribution < 1.29 is 14.2 Å². The lowest BCUT2D eigenvalue weighted by Crippen LogP contribution is -2.22. The molecule has 0 atom stereocenters. The van der Waals surface area contributed by atoms with Crippen LogP contribution in [0, 0.1) is 6.92 Å². The summed E-state index contributed by atoms with van der Waals surface area (Å²) in [6.45, 7) is 1.84. The maximum absolute atomic E-state index is 13.3. The monoisotopic (exact) mass is 366 g/mol. The Hall–Kier alpha value is -3.55. The second-order valence-electron chi connectivity index (χ2n) is 5.92. The molecular formula is C19H18N4O4. The molecule has 0 unspecified atom stereocenters. The van der Waals surface area contributed by atoms with E-state index in [1.807, 2.05) is 29.5 Å². The number of methoxy groups -OCH3 is 3. The summed E-state index contributed by atoms with van der Waals surface area (Å²) >= 11 is 0. The molecule has 0 aliphatic rings. The molecule has 0 saturated heterocycles. The van der Waals surface area contributed by atoms with E-state index in [1.54, 1.807) is 18.2 Å². The Bertz CT molecular complexity index is 1200. The van der Waals surface area contributed by atoms with Gasteiger partial charge in [0.15, 0.2) is 11.5 Å². The normalized spacial score (nSPS) is 11.1. The Morgan fingerprint density at radius 3 is 2.22 bits per heavy atom. The molecular weight excluding hydrogens is 348 g/mol. The molecule has 0 bridgehead atoms. The van der Waals surface area contributed by atoms with E-state index in [0.717, 1.165) is 5.52 Å². The maximum Gasteiger partial charge on any atom is 0.267 e. The molecule has 2 aromatic carbocycles. The lowest BCUT2D eigenvalue weighted by molar-refractivity contribution is 0.324. The number of fused-ring (bicyclic) bond motifs is 3. The summed E-state index contributed by atoms with van der Waals surface area (Å²) < 4.78 is 19.6. The zero-order chi connectivity index (χ0) is 19.1. The summed E-state index contributed by atoms with van der Waals surface area (Å²) in [5.41, 5.74) is 1.08. The molecule has 4 rings (SSSR count). The van der Waals surface area contributed by atoms with Gasteiger partial charge in [-0.1, -0.05) is 12.1 Å². The standard InChI is InChI=1S/C19H18N4O4/c1-11-20-21-19-22(11)14-8-6-5-7-13(14)18(24)23(19)12-9-15(25-2)17(27-4)16(10-12)26-3/h5-10H,1-4H3. The van der Waals surface area contributed by atoms with Crippen molar-refractivity contribution in [2.24, 2.45) is 0 Å². The third kappa shape index (κ3) is 2.41. The number of hydrogen-bond acceptors (Lipinski definition) is 6. The lowest BCUT2D eigenvalue weighted by atomic mass is 10.2. The van der Waals surface area contributed by atoms with Crippen LogP contribution >= 0.6 is 0 Å². The molecule has 8 nitrogen and oxygen atoms in total. The first-order chi connectivity index (χ1) is 13.1. The predicted octanol–water partition coefficient (Wildman–Crippen LogP) is 2.37. The van der Waals surface area contributed by atoms with E-state index in [9.17, 15) is 4.79 Å². The first-order valence-electron chi connectivity index (χ1n) is 8.26. The van der Waals surface area contributed by atoms with Gasteiger partial charge >= 0.3 is 0 Å². The zero-order valence-electron chi connectivity index (χ0n) is 15.4. The highest BCUT2D eigenvalue weighted by Crippen LogP contribution is 2.39. The molecule has 138 valence electrons. The van der Waals surface area contributed by atoms with Crippen molar-refractivity contribution in [3.63, 3.8) is 0 Å². The molecule has 4 aromatic rings. The number of hydrogen-bond donors (Lipinski definition) is 0. The number of aromatic nitrogens is 4. The molecule has 0 saturated carbocycles. The molecule has 2 heterocycles. The summed E-state index contributed by atoms with van der Waals surface area (Å²) in [5.74, 6) is 2.43. The van der Waals surface area contributed by atoms with Crippen LogP contribution in [0.3, 0.4) is 0 Å². The lowest BCUT2D eigenvalue weighted by Gasteiger charge is -2.16. The molecule has 0 N–H and O–H groups in total. The van der Waals surface area contributed by atoms with E-state index in [0.29, 0.717) is 39.9 Å². The van der Waals surface area contributed by atoms with Crippen LogP contribution in [0.25, 0.3) is 22.4 Å². The van der Waals surface area contributed by atoms with Crippen LogP contribution < -0.4 is 19.8 Å². The van der Waals surface area contributed by atoms with Gasteiger partial charge in [-0.25, -0.2) is 4.57 Å². The van der Waals surface area contributed by atoms with Gasteiger partial charge in [0.2, 0.25) is 11.5 Å². The second kappa shape index (κ2) is 6.31.